The second-order valence-corrected chi connectivity index (χ2v) is 2.83. The molecule has 0 aliphatic carbocycles. The Morgan fingerprint density at radius 2 is 2.36 bits per heavy atom. The van der Waals surface area contributed by atoms with E-state index in [1.807, 2.05) is 0 Å². The average Bonchev–Trinajstić information content (AvgIpc) is 1.94. The molecular formula is C7H6BrNO2. The Hall–Kier alpha value is -0.900. The zero-order chi connectivity index (χ0) is 8.43. The first-order chi connectivity index (χ1) is 5.13. The van der Waals surface area contributed by atoms with E-state index in [1.165, 1.54) is 12.3 Å². The zero-order valence-electron chi connectivity index (χ0n) is 5.84. The van der Waals surface area contributed by atoms with Gasteiger partial charge in [0.2, 0.25) is 0 Å². The van der Waals surface area contributed by atoms with Crippen LogP contribution >= 0.6 is 15.9 Å². The fraction of sp³-hybridized carbons (Fsp3) is 0.143. The van der Waals surface area contributed by atoms with Crippen molar-refractivity contribution in [3.05, 3.63) is 28.0 Å². The molecule has 0 fully saturated rings. The Kier molecular flexibility index (Phi) is 2.24. The maximum atomic E-state index is 10.5. The molecule has 1 rings (SSSR count). The van der Waals surface area contributed by atoms with Crippen LogP contribution in [0.2, 0.25) is 0 Å². The van der Waals surface area contributed by atoms with Crippen molar-refractivity contribution in [2.75, 3.05) is 0 Å². The van der Waals surface area contributed by atoms with Crippen LogP contribution < -0.4 is 0 Å². The normalized spacial score (nSPS) is 9.64. The molecule has 3 nitrogen and oxygen atoms in total. The third kappa shape index (κ3) is 1.57. The van der Waals surface area contributed by atoms with Gasteiger partial charge in [-0.2, -0.15) is 0 Å². The van der Waals surface area contributed by atoms with Crippen LogP contribution in [0.3, 0.4) is 0 Å². The fourth-order valence-electron chi connectivity index (χ4n) is 0.742. The average molecular weight is 216 g/mol. The van der Waals surface area contributed by atoms with Crippen molar-refractivity contribution in [3.8, 4) is 0 Å². The summed E-state index contributed by atoms with van der Waals surface area (Å²) in [6, 6.07) is 1.47. The molecule has 0 aromatic carbocycles. The van der Waals surface area contributed by atoms with Crippen molar-refractivity contribution in [3.63, 3.8) is 0 Å². The first kappa shape index (κ1) is 8.20. The standard InChI is InChI=1S/C7H6BrNO2/c1-4-5(7(10)11)2-3-9-6(4)8/h2-3H,1H3,(H,10,11). The third-order valence-corrected chi connectivity index (χ3v) is 2.17. The summed E-state index contributed by atoms with van der Waals surface area (Å²) >= 11 is 3.14. The van der Waals surface area contributed by atoms with Crippen LogP contribution in [0.1, 0.15) is 15.9 Å². The predicted octanol–water partition coefficient (Wildman–Crippen LogP) is 1.85. The molecule has 1 heterocycles. The Balaban J connectivity index is 3.27. The molecular weight excluding hydrogens is 210 g/mol. The molecule has 58 valence electrons. The minimum atomic E-state index is -0.925. The van der Waals surface area contributed by atoms with Crippen molar-refractivity contribution < 1.29 is 9.90 Å². The molecule has 0 saturated carbocycles. The molecule has 11 heavy (non-hydrogen) atoms. The molecule has 0 bridgehead atoms. The highest BCUT2D eigenvalue weighted by Crippen LogP contribution is 2.15. The lowest BCUT2D eigenvalue weighted by molar-refractivity contribution is 0.0696. The molecule has 1 aromatic rings. The third-order valence-electron chi connectivity index (χ3n) is 1.37. The van der Waals surface area contributed by atoms with Crippen molar-refractivity contribution in [1.82, 2.24) is 4.98 Å². The highest BCUT2D eigenvalue weighted by molar-refractivity contribution is 9.10. The van der Waals surface area contributed by atoms with Gasteiger partial charge in [-0.25, -0.2) is 9.78 Å². The number of hydrogen-bond donors (Lipinski definition) is 1. The van der Waals surface area contributed by atoms with Crippen LogP contribution in [0.15, 0.2) is 16.9 Å². The second-order valence-electron chi connectivity index (χ2n) is 2.08. The highest BCUT2D eigenvalue weighted by atomic mass is 79.9. The van der Waals surface area contributed by atoms with Gasteiger partial charge in [-0.15, -0.1) is 0 Å². The Bertz CT molecular complexity index is 298. The summed E-state index contributed by atoms with van der Waals surface area (Å²) in [4.78, 5) is 14.4. The summed E-state index contributed by atoms with van der Waals surface area (Å²) in [5.74, 6) is -0.925. The number of pyridine rings is 1. The maximum Gasteiger partial charge on any atom is 0.336 e. The van der Waals surface area contributed by atoms with Crippen LogP contribution in [0.4, 0.5) is 0 Å². The summed E-state index contributed by atoms with van der Waals surface area (Å²) < 4.78 is 0.581. The number of carboxylic acids is 1. The fourth-order valence-corrected chi connectivity index (χ4v) is 1.07. The van der Waals surface area contributed by atoms with E-state index in [2.05, 4.69) is 20.9 Å². The van der Waals surface area contributed by atoms with Crippen molar-refractivity contribution in [2.24, 2.45) is 0 Å². The molecule has 0 spiro atoms. The maximum absolute atomic E-state index is 10.5. The SMILES string of the molecule is Cc1c(C(=O)O)ccnc1Br. The van der Waals surface area contributed by atoms with Crippen molar-refractivity contribution in [1.29, 1.82) is 0 Å². The van der Waals surface area contributed by atoms with E-state index >= 15 is 0 Å². The van der Waals surface area contributed by atoms with E-state index in [9.17, 15) is 4.79 Å². The zero-order valence-corrected chi connectivity index (χ0v) is 7.42. The molecule has 0 aliphatic rings. The molecule has 4 heteroatoms. The van der Waals surface area contributed by atoms with Gasteiger partial charge in [0.1, 0.15) is 4.60 Å². The largest absolute Gasteiger partial charge is 0.478 e. The van der Waals surface area contributed by atoms with Gasteiger partial charge < -0.3 is 5.11 Å². The first-order valence-electron chi connectivity index (χ1n) is 2.97. The van der Waals surface area contributed by atoms with Gasteiger partial charge in [-0.05, 0) is 34.5 Å². The first-order valence-corrected chi connectivity index (χ1v) is 3.76. The molecule has 0 amide bonds. The quantitative estimate of drug-likeness (QED) is 0.728. The number of nitrogens with zero attached hydrogens (tertiary/aromatic N) is 1. The van der Waals surface area contributed by atoms with E-state index in [0.29, 0.717) is 10.2 Å². The number of halogens is 1. The molecule has 1 aromatic heterocycles. The summed E-state index contributed by atoms with van der Waals surface area (Å²) in [5, 5.41) is 8.64. The van der Waals surface area contributed by atoms with Crippen LogP contribution in [0, 0.1) is 6.92 Å². The summed E-state index contributed by atoms with van der Waals surface area (Å²) in [7, 11) is 0. The molecule has 0 saturated heterocycles. The monoisotopic (exact) mass is 215 g/mol. The van der Waals surface area contributed by atoms with Gasteiger partial charge in [0, 0.05) is 6.20 Å². The number of carbonyl (C=O) groups is 1. The van der Waals surface area contributed by atoms with Gasteiger partial charge in [-0.3, -0.25) is 0 Å². The van der Waals surface area contributed by atoms with Gasteiger partial charge in [0.25, 0.3) is 0 Å². The van der Waals surface area contributed by atoms with E-state index in [1.54, 1.807) is 6.92 Å². The number of rotatable bonds is 1. The minimum absolute atomic E-state index is 0.284. The van der Waals surface area contributed by atoms with E-state index < -0.39 is 5.97 Å². The van der Waals surface area contributed by atoms with Crippen molar-refractivity contribution >= 4 is 21.9 Å². The smallest absolute Gasteiger partial charge is 0.336 e. The van der Waals surface area contributed by atoms with Crippen LogP contribution in [0.25, 0.3) is 0 Å². The predicted molar refractivity (Wildman–Crippen MR) is 43.6 cm³/mol. The van der Waals surface area contributed by atoms with E-state index in [4.69, 9.17) is 5.11 Å². The minimum Gasteiger partial charge on any atom is -0.478 e. The molecule has 0 aliphatic heterocycles. The topological polar surface area (TPSA) is 50.2 Å². The van der Waals surface area contributed by atoms with Gasteiger partial charge in [0.05, 0.1) is 5.56 Å². The molecule has 1 N–H and O–H groups in total. The van der Waals surface area contributed by atoms with Crippen molar-refractivity contribution in [2.45, 2.75) is 6.92 Å². The summed E-state index contributed by atoms with van der Waals surface area (Å²) in [5.41, 5.74) is 0.937. The second kappa shape index (κ2) is 3.00. The van der Waals surface area contributed by atoms with Crippen LogP contribution in [-0.2, 0) is 0 Å². The Labute approximate surface area is 72.2 Å². The summed E-state index contributed by atoms with van der Waals surface area (Å²) in [6.45, 7) is 1.71. The Morgan fingerprint density at radius 1 is 1.73 bits per heavy atom. The van der Waals surface area contributed by atoms with E-state index in [-0.39, 0.29) is 5.56 Å². The lowest BCUT2D eigenvalue weighted by Gasteiger charge is -1.99. The highest BCUT2D eigenvalue weighted by Gasteiger charge is 2.08. The van der Waals surface area contributed by atoms with E-state index in [0.717, 1.165) is 0 Å². The van der Waals surface area contributed by atoms with Gasteiger partial charge in [0.15, 0.2) is 0 Å². The van der Waals surface area contributed by atoms with Gasteiger partial charge >= 0.3 is 5.97 Å². The molecule has 0 atom stereocenters. The number of aromatic carboxylic acids is 1. The summed E-state index contributed by atoms with van der Waals surface area (Å²) in [6.07, 6.45) is 1.46. The number of hydrogen-bond acceptors (Lipinski definition) is 2. The molecule has 0 radical (unpaired) electrons. The molecule has 0 unspecified atom stereocenters. The lowest BCUT2D eigenvalue weighted by atomic mass is 10.2. The number of aromatic nitrogens is 1. The number of carboxylic acid groups (broad SMARTS) is 1. The van der Waals surface area contributed by atoms with Crippen LogP contribution in [0.5, 0.6) is 0 Å². The Morgan fingerprint density at radius 3 is 2.82 bits per heavy atom. The van der Waals surface area contributed by atoms with Crippen LogP contribution in [-0.4, -0.2) is 16.1 Å². The lowest BCUT2D eigenvalue weighted by Crippen LogP contribution is -2.00. The van der Waals surface area contributed by atoms with Gasteiger partial charge in [-0.1, -0.05) is 0 Å².